The Morgan fingerprint density at radius 1 is 1.09 bits per heavy atom. The zero-order valence-electron chi connectivity index (χ0n) is 13.5. The number of nitrogens with zero attached hydrogens (tertiary/aromatic N) is 2. The van der Waals surface area contributed by atoms with E-state index in [1.54, 1.807) is 22.2 Å². The van der Waals surface area contributed by atoms with Gasteiger partial charge in [-0.2, -0.15) is 0 Å². The van der Waals surface area contributed by atoms with Crippen LogP contribution in [0.15, 0.2) is 47.5 Å². The fourth-order valence-electron chi connectivity index (χ4n) is 2.75. The number of thiophene rings is 1. The summed E-state index contributed by atoms with van der Waals surface area (Å²) in [5.41, 5.74) is 1.23. The Morgan fingerprint density at radius 3 is 2.65 bits per heavy atom. The second-order valence-corrected chi connectivity index (χ2v) is 6.88. The molecule has 0 aliphatic heterocycles. The van der Waals surface area contributed by atoms with Crippen molar-refractivity contribution in [1.29, 1.82) is 0 Å². The third-order valence-corrected chi connectivity index (χ3v) is 5.17. The van der Waals surface area contributed by atoms with Crippen molar-refractivity contribution in [2.75, 3.05) is 0 Å². The Hall–Kier alpha value is -1.94. The van der Waals surface area contributed by atoms with E-state index in [1.165, 1.54) is 25.7 Å². The van der Waals surface area contributed by atoms with Crippen LogP contribution in [0.2, 0.25) is 0 Å². The number of hydrogen-bond acceptors (Lipinski definition) is 3. The second kappa shape index (κ2) is 7.55. The van der Waals surface area contributed by atoms with E-state index in [2.05, 4.69) is 24.0 Å². The first-order chi connectivity index (χ1) is 11.3. The van der Waals surface area contributed by atoms with Crippen LogP contribution in [0.4, 0.5) is 0 Å². The van der Waals surface area contributed by atoms with Crippen LogP contribution in [0, 0.1) is 0 Å². The van der Waals surface area contributed by atoms with Gasteiger partial charge in [0.2, 0.25) is 0 Å². The molecule has 3 aromatic rings. The van der Waals surface area contributed by atoms with Crippen LogP contribution in [0.5, 0.6) is 0 Å². The van der Waals surface area contributed by atoms with Crippen LogP contribution in [-0.4, -0.2) is 9.55 Å². The predicted molar refractivity (Wildman–Crippen MR) is 98.1 cm³/mol. The lowest BCUT2D eigenvalue weighted by atomic mass is 10.1. The summed E-state index contributed by atoms with van der Waals surface area (Å²) in [6.45, 7) is 2.98. The number of unbranched alkanes of at least 4 members (excludes halogenated alkanes) is 4. The molecule has 23 heavy (non-hydrogen) atoms. The van der Waals surface area contributed by atoms with Crippen LogP contribution in [0.25, 0.3) is 20.7 Å². The van der Waals surface area contributed by atoms with Crippen molar-refractivity contribution in [1.82, 2.24) is 9.55 Å². The van der Waals surface area contributed by atoms with Crippen molar-refractivity contribution < 1.29 is 0 Å². The van der Waals surface area contributed by atoms with Crippen molar-refractivity contribution in [2.45, 2.75) is 45.6 Å². The van der Waals surface area contributed by atoms with Gasteiger partial charge in [-0.3, -0.25) is 9.36 Å². The van der Waals surface area contributed by atoms with Gasteiger partial charge in [0.05, 0.1) is 11.7 Å². The van der Waals surface area contributed by atoms with Gasteiger partial charge in [-0.1, -0.05) is 62.9 Å². The second-order valence-electron chi connectivity index (χ2n) is 5.85. The summed E-state index contributed by atoms with van der Waals surface area (Å²) in [5, 5.41) is 0.741. The fourth-order valence-corrected chi connectivity index (χ4v) is 3.74. The Morgan fingerprint density at radius 2 is 1.87 bits per heavy atom. The van der Waals surface area contributed by atoms with E-state index >= 15 is 0 Å². The fraction of sp³-hybridized carbons (Fsp3) is 0.368. The summed E-state index contributed by atoms with van der Waals surface area (Å²) >= 11 is 1.58. The van der Waals surface area contributed by atoms with Crippen LogP contribution in [0.1, 0.15) is 39.0 Å². The number of aromatic nitrogens is 2. The van der Waals surface area contributed by atoms with Crippen LogP contribution in [-0.2, 0) is 6.54 Å². The van der Waals surface area contributed by atoms with Gasteiger partial charge in [-0.25, -0.2) is 4.98 Å². The quantitative estimate of drug-likeness (QED) is 0.566. The molecule has 2 aromatic heterocycles. The van der Waals surface area contributed by atoms with Gasteiger partial charge < -0.3 is 0 Å². The van der Waals surface area contributed by atoms with Gasteiger partial charge in [-0.05, 0) is 18.1 Å². The smallest absolute Gasteiger partial charge is 0.262 e. The molecule has 0 aliphatic rings. The highest BCUT2D eigenvalue weighted by atomic mass is 32.1. The van der Waals surface area contributed by atoms with E-state index in [0.717, 1.165) is 33.6 Å². The molecule has 0 unspecified atom stereocenters. The van der Waals surface area contributed by atoms with E-state index in [-0.39, 0.29) is 5.56 Å². The van der Waals surface area contributed by atoms with E-state index < -0.39 is 0 Å². The van der Waals surface area contributed by atoms with Crippen molar-refractivity contribution in [3.05, 3.63) is 53.1 Å². The van der Waals surface area contributed by atoms with Crippen LogP contribution < -0.4 is 5.56 Å². The SMILES string of the molecule is CCCCCCCn1cnc2sc(-c3ccccc3)cc2c1=O. The monoisotopic (exact) mass is 326 g/mol. The molecule has 0 radical (unpaired) electrons. The minimum atomic E-state index is 0.0870. The lowest BCUT2D eigenvalue weighted by Crippen LogP contribution is -2.19. The highest BCUT2D eigenvalue weighted by Crippen LogP contribution is 2.30. The van der Waals surface area contributed by atoms with Gasteiger partial charge in [0, 0.05) is 11.4 Å². The van der Waals surface area contributed by atoms with E-state index in [0.29, 0.717) is 0 Å². The van der Waals surface area contributed by atoms with Crippen molar-refractivity contribution in [3.8, 4) is 10.4 Å². The first-order valence-corrected chi connectivity index (χ1v) is 9.15. The van der Waals surface area contributed by atoms with Gasteiger partial charge >= 0.3 is 0 Å². The molecule has 0 aliphatic carbocycles. The molecule has 0 spiro atoms. The number of benzene rings is 1. The summed E-state index contributed by atoms with van der Waals surface area (Å²) in [6.07, 6.45) is 7.69. The molecule has 1 aromatic carbocycles. The Labute approximate surface area is 140 Å². The molecule has 0 bridgehead atoms. The van der Waals surface area contributed by atoms with Crippen molar-refractivity contribution in [2.24, 2.45) is 0 Å². The summed E-state index contributed by atoms with van der Waals surface area (Å²) in [7, 11) is 0. The highest BCUT2D eigenvalue weighted by molar-refractivity contribution is 7.21. The maximum atomic E-state index is 12.6. The predicted octanol–water partition coefficient (Wildman–Crippen LogP) is 5.10. The summed E-state index contributed by atoms with van der Waals surface area (Å²) < 4.78 is 1.76. The van der Waals surface area contributed by atoms with Gasteiger partial charge in [0.15, 0.2) is 0 Å². The zero-order valence-corrected chi connectivity index (χ0v) is 14.3. The number of aryl methyl sites for hydroxylation is 1. The first-order valence-electron chi connectivity index (χ1n) is 8.34. The highest BCUT2D eigenvalue weighted by Gasteiger charge is 2.10. The Bertz CT molecular complexity index is 820. The topological polar surface area (TPSA) is 34.9 Å². The van der Waals surface area contributed by atoms with Crippen LogP contribution >= 0.6 is 11.3 Å². The van der Waals surface area contributed by atoms with E-state index in [4.69, 9.17) is 0 Å². The molecule has 3 rings (SSSR count). The lowest BCUT2D eigenvalue weighted by molar-refractivity contribution is 0.556. The van der Waals surface area contributed by atoms with Gasteiger partial charge in [0.1, 0.15) is 4.83 Å². The average molecular weight is 326 g/mol. The average Bonchev–Trinajstić information content (AvgIpc) is 3.02. The van der Waals surface area contributed by atoms with E-state index in [1.807, 2.05) is 24.3 Å². The first kappa shape index (κ1) is 15.9. The molecular formula is C19H22N2OS. The molecule has 0 atom stereocenters. The minimum Gasteiger partial charge on any atom is -0.299 e. The number of rotatable bonds is 7. The van der Waals surface area contributed by atoms with Crippen molar-refractivity contribution in [3.63, 3.8) is 0 Å². The number of fused-ring (bicyclic) bond motifs is 1. The largest absolute Gasteiger partial charge is 0.299 e. The van der Waals surface area contributed by atoms with Crippen LogP contribution in [0.3, 0.4) is 0 Å². The zero-order chi connectivity index (χ0) is 16.1. The summed E-state index contributed by atoms with van der Waals surface area (Å²) in [6, 6.07) is 12.1. The third kappa shape index (κ3) is 3.70. The molecule has 0 amide bonds. The molecule has 0 fully saturated rings. The molecular weight excluding hydrogens is 304 g/mol. The standard InChI is InChI=1S/C19H22N2OS/c1-2-3-4-5-9-12-21-14-20-18-16(19(21)22)13-17(23-18)15-10-7-6-8-11-15/h6-8,10-11,13-14H,2-5,9,12H2,1H3. The maximum Gasteiger partial charge on any atom is 0.262 e. The van der Waals surface area contributed by atoms with Gasteiger partial charge in [0.25, 0.3) is 5.56 Å². The van der Waals surface area contributed by atoms with E-state index in [9.17, 15) is 4.79 Å². The molecule has 0 saturated heterocycles. The molecule has 2 heterocycles. The Balaban J connectivity index is 1.80. The third-order valence-electron chi connectivity index (χ3n) is 4.08. The molecule has 4 heteroatoms. The Kier molecular flexibility index (Phi) is 5.23. The normalized spacial score (nSPS) is 11.2. The molecule has 0 N–H and O–H groups in total. The lowest BCUT2D eigenvalue weighted by Gasteiger charge is -2.04. The number of hydrogen-bond donors (Lipinski definition) is 0. The van der Waals surface area contributed by atoms with Gasteiger partial charge in [-0.15, -0.1) is 11.3 Å². The van der Waals surface area contributed by atoms with Crippen molar-refractivity contribution >= 4 is 21.6 Å². The molecule has 120 valence electrons. The molecule has 3 nitrogen and oxygen atoms in total. The maximum absolute atomic E-state index is 12.6. The molecule has 0 saturated carbocycles. The minimum absolute atomic E-state index is 0.0870. The summed E-state index contributed by atoms with van der Waals surface area (Å²) in [4.78, 5) is 19.0. The summed E-state index contributed by atoms with van der Waals surface area (Å²) in [5.74, 6) is 0.